The van der Waals surface area contributed by atoms with Crippen molar-refractivity contribution in [3.63, 3.8) is 0 Å². The number of amides is 1. The van der Waals surface area contributed by atoms with Crippen molar-refractivity contribution in [2.45, 2.75) is 39.7 Å². The minimum Gasteiger partial charge on any atom is -0.496 e. The van der Waals surface area contributed by atoms with E-state index in [0.717, 1.165) is 11.3 Å². The van der Waals surface area contributed by atoms with E-state index in [2.05, 4.69) is 21.5 Å². The first-order chi connectivity index (χ1) is 19.7. The Balaban J connectivity index is 1.80. The lowest BCUT2D eigenvalue weighted by Gasteiger charge is -2.40. The minimum atomic E-state index is -0.489. The Hall–Kier alpha value is -4.60. The van der Waals surface area contributed by atoms with E-state index in [1.807, 2.05) is 38.7 Å². The maximum absolute atomic E-state index is 15.2. The second-order valence-electron chi connectivity index (χ2n) is 10.5. The molecule has 0 spiro atoms. The Morgan fingerprint density at radius 3 is 2.68 bits per heavy atom. The van der Waals surface area contributed by atoms with Crippen LogP contribution in [-0.2, 0) is 4.79 Å². The number of hydrogen-bond acceptors (Lipinski definition) is 7. The molecule has 1 saturated heterocycles. The largest absolute Gasteiger partial charge is 0.496 e. The van der Waals surface area contributed by atoms with Crippen molar-refractivity contribution in [2.24, 2.45) is 0 Å². The maximum atomic E-state index is 15.2. The summed E-state index contributed by atoms with van der Waals surface area (Å²) in [6.45, 7) is 12.9. The van der Waals surface area contributed by atoms with Crippen LogP contribution >= 0.6 is 0 Å². The van der Waals surface area contributed by atoms with E-state index in [0.29, 0.717) is 53.5 Å². The summed E-state index contributed by atoms with van der Waals surface area (Å²) in [6.07, 6.45) is 4.66. The molecule has 212 valence electrons. The summed E-state index contributed by atoms with van der Waals surface area (Å²) >= 11 is 0. The summed E-state index contributed by atoms with van der Waals surface area (Å²) < 4.78 is 22.2. The molecule has 0 radical (unpaired) electrons. The number of piperazine rings is 1. The van der Waals surface area contributed by atoms with Crippen LogP contribution in [0.1, 0.15) is 37.9 Å². The van der Waals surface area contributed by atoms with Crippen LogP contribution in [0.25, 0.3) is 27.8 Å². The molecule has 4 aromatic rings. The van der Waals surface area contributed by atoms with Gasteiger partial charge in [0.25, 0.3) is 0 Å². The molecule has 5 rings (SSSR count). The molecule has 1 aliphatic heterocycles. The number of halogens is 1. The van der Waals surface area contributed by atoms with Gasteiger partial charge < -0.3 is 14.5 Å². The Bertz CT molecular complexity index is 1720. The minimum absolute atomic E-state index is 0.0231. The van der Waals surface area contributed by atoms with E-state index in [4.69, 9.17) is 4.74 Å². The van der Waals surface area contributed by atoms with Gasteiger partial charge in [0.05, 0.1) is 40.7 Å². The number of aryl methyl sites for hydroxylation is 1. The normalized spacial score (nSPS) is 15.4. The lowest BCUT2D eigenvalue weighted by molar-refractivity contribution is -0.126. The molecule has 1 amide bonds. The van der Waals surface area contributed by atoms with Gasteiger partial charge in [0.15, 0.2) is 0 Å². The highest BCUT2D eigenvalue weighted by molar-refractivity contribution is 5.93. The van der Waals surface area contributed by atoms with Crippen LogP contribution < -0.4 is 15.3 Å². The van der Waals surface area contributed by atoms with Crippen LogP contribution in [0, 0.1) is 12.7 Å². The van der Waals surface area contributed by atoms with E-state index in [9.17, 15) is 9.59 Å². The number of aromatic nitrogens is 4. The zero-order valence-corrected chi connectivity index (χ0v) is 23.9. The molecule has 9 nitrogen and oxygen atoms in total. The molecule has 3 aromatic heterocycles. The molecule has 1 atom stereocenters. The lowest BCUT2D eigenvalue weighted by atomic mass is 10.0. The highest BCUT2D eigenvalue weighted by atomic mass is 19.1. The summed E-state index contributed by atoms with van der Waals surface area (Å²) in [5.74, 6) is 0.193. The summed E-state index contributed by atoms with van der Waals surface area (Å²) in [7, 11) is 1.48. The number of ether oxygens (including phenoxy) is 1. The zero-order chi connectivity index (χ0) is 29.4. The molecule has 0 bridgehead atoms. The number of carbonyl (C=O) groups excluding carboxylic acids is 1. The van der Waals surface area contributed by atoms with Gasteiger partial charge in [0.1, 0.15) is 17.4 Å². The first kappa shape index (κ1) is 27.9. The molecular weight excluding hydrogens is 523 g/mol. The summed E-state index contributed by atoms with van der Waals surface area (Å²) in [6, 6.07) is 8.03. The molecule has 0 N–H and O–H groups in total. The van der Waals surface area contributed by atoms with E-state index in [1.54, 1.807) is 40.1 Å². The number of hydrogen-bond donors (Lipinski definition) is 0. The fourth-order valence-electron chi connectivity index (χ4n) is 5.49. The number of rotatable bonds is 6. The molecule has 1 aliphatic rings. The Morgan fingerprint density at radius 1 is 1.22 bits per heavy atom. The highest BCUT2D eigenvalue weighted by Gasteiger charge is 2.30. The second kappa shape index (κ2) is 11.1. The van der Waals surface area contributed by atoms with Gasteiger partial charge in [-0.2, -0.15) is 4.98 Å². The molecule has 10 heteroatoms. The van der Waals surface area contributed by atoms with Gasteiger partial charge in [-0.05, 0) is 55.7 Å². The first-order valence-electron chi connectivity index (χ1n) is 13.6. The van der Waals surface area contributed by atoms with Gasteiger partial charge in [-0.25, -0.2) is 9.18 Å². The smallest absolute Gasteiger partial charge is 0.354 e. The molecule has 41 heavy (non-hydrogen) atoms. The number of pyridine rings is 2. The van der Waals surface area contributed by atoms with Crippen molar-refractivity contribution in [2.75, 3.05) is 31.6 Å². The van der Waals surface area contributed by atoms with Crippen LogP contribution in [0.2, 0.25) is 0 Å². The van der Waals surface area contributed by atoms with Crippen molar-refractivity contribution < 1.29 is 13.9 Å². The van der Waals surface area contributed by atoms with Crippen molar-refractivity contribution >= 4 is 22.6 Å². The molecule has 0 saturated carbocycles. The van der Waals surface area contributed by atoms with Crippen molar-refractivity contribution in [1.29, 1.82) is 0 Å². The fraction of sp³-hybridized carbons (Fsp3) is 0.323. The third kappa shape index (κ3) is 4.94. The summed E-state index contributed by atoms with van der Waals surface area (Å²) in [4.78, 5) is 43.8. The van der Waals surface area contributed by atoms with Gasteiger partial charge in [-0.3, -0.25) is 19.3 Å². The number of fused-ring (bicyclic) bond motifs is 1. The van der Waals surface area contributed by atoms with E-state index in [1.165, 1.54) is 19.3 Å². The fourth-order valence-corrected chi connectivity index (χ4v) is 5.49. The molecule has 0 aliphatic carbocycles. The van der Waals surface area contributed by atoms with Crippen LogP contribution in [0.5, 0.6) is 5.75 Å². The predicted molar refractivity (Wildman–Crippen MR) is 157 cm³/mol. The Labute approximate surface area is 237 Å². The predicted octanol–water partition coefficient (Wildman–Crippen LogP) is 4.65. The Morgan fingerprint density at radius 2 is 2.00 bits per heavy atom. The number of anilines is 1. The van der Waals surface area contributed by atoms with Gasteiger partial charge in [-0.1, -0.05) is 26.5 Å². The van der Waals surface area contributed by atoms with Gasteiger partial charge in [0.2, 0.25) is 5.91 Å². The molecule has 0 unspecified atom stereocenters. The third-order valence-electron chi connectivity index (χ3n) is 7.52. The number of methoxy groups -OCH3 is 1. The summed E-state index contributed by atoms with van der Waals surface area (Å²) in [5.41, 5.74) is 2.79. The average molecular weight is 557 g/mol. The zero-order valence-electron chi connectivity index (χ0n) is 23.9. The van der Waals surface area contributed by atoms with Crippen molar-refractivity contribution in [3.8, 4) is 22.7 Å². The standard InChI is InChI=1S/C31H33FN6O3/c1-7-26(39)36-13-14-37(20(5)17-36)30-21-16-34-23(27-22(32)9-8-10-25(27)41-6)15-24(21)38(31(40)35-30)29-19(4)11-12-33-28(29)18(2)3/h7-12,15-16,18,20H,1,13-14,17H2,2-6H3/t20-/m0/s1. The number of carbonyl (C=O) groups is 1. The SMILES string of the molecule is C=CC(=O)N1CCN(c2nc(=O)n(-c3c(C)ccnc3C(C)C)c3cc(-c4c(F)cccc4OC)ncc23)[C@@H](C)C1. The van der Waals surface area contributed by atoms with Crippen LogP contribution in [-0.4, -0.2) is 63.1 Å². The van der Waals surface area contributed by atoms with Crippen molar-refractivity contribution in [1.82, 2.24) is 24.4 Å². The van der Waals surface area contributed by atoms with Crippen LogP contribution in [0.15, 0.2) is 60.2 Å². The summed E-state index contributed by atoms with van der Waals surface area (Å²) in [5, 5.41) is 0.622. The lowest BCUT2D eigenvalue weighted by Crippen LogP contribution is -2.54. The number of nitrogens with zero attached hydrogens (tertiary/aromatic N) is 6. The van der Waals surface area contributed by atoms with E-state index >= 15 is 4.39 Å². The topological polar surface area (TPSA) is 93.5 Å². The molecule has 4 heterocycles. The van der Waals surface area contributed by atoms with Crippen LogP contribution in [0.4, 0.5) is 10.2 Å². The highest BCUT2D eigenvalue weighted by Crippen LogP contribution is 2.36. The molecular formula is C31H33FN6O3. The maximum Gasteiger partial charge on any atom is 0.354 e. The van der Waals surface area contributed by atoms with Gasteiger partial charge >= 0.3 is 5.69 Å². The van der Waals surface area contributed by atoms with Crippen molar-refractivity contribution in [3.05, 3.63) is 82.9 Å². The quantitative estimate of drug-likeness (QED) is 0.319. The van der Waals surface area contributed by atoms with E-state index < -0.39 is 11.5 Å². The third-order valence-corrected chi connectivity index (χ3v) is 7.52. The number of benzene rings is 1. The second-order valence-corrected chi connectivity index (χ2v) is 10.5. The molecule has 1 aromatic carbocycles. The monoisotopic (exact) mass is 556 g/mol. The first-order valence-corrected chi connectivity index (χ1v) is 13.6. The van der Waals surface area contributed by atoms with Gasteiger partial charge in [-0.15, -0.1) is 0 Å². The average Bonchev–Trinajstić information content (AvgIpc) is 2.96. The molecule has 1 fully saturated rings. The van der Waals surface area contributed by atoms with E-state index in [-0.39, 0.29) is 23.4 Å². The van der Waals surface area contributed by atoms with Gasteiger partial charge in [0, 0.05) is 38.1 Å². The Kier molecular flexibility index (Phi) is 7.57. The van der Waals surface area contributed by atoms with Crippen LogP contribution in [0.3, 0.4) is 0 Å².